The third-order valence-corrected chi connectivity index (χ3v) is 67.1. The first kappa shape index (κ1) is 51.6. The van der Waals surface area contributed by atoms with Crippen LogP contribution in [0, 0.1) is 25.7 Å². The number of fused-ring (bicyclic) bond motifs is 2. The van der Waals surface area contributed by atoms with E-state index in [0.29, 0.717) is 46.2 Å². The molecule has 68 heavy (non-hydrogen) atoms. The summed E-state index contributed by atoms with van der Waals surface area (Å²) >= 11 is -5.92. The fourth-order valence-corrected chi connectivity index (χ4v) is 43.3. The molecule has 0 spiro atoms. The molecule has 16 heteroatoms. The van der Waals surface area contributed by atoms with Gasteiger partial charge in [0.15, 0.2) is 0 Å². The molecule has 0 radical (unpaired) electrons. The Kier molecular flexibility index (Phi) is 13.9. The summed E-state index contributed by atoms with van der Waals surface area (Å²) in [5, 5.41) is 0. The zero-order chi connectivity index (χ0) is 49.5. The van der Waals surface area contributed by atoms with Gasteiger partial charge in [-0.3, -0.25) is 0 Å². The van der Waals surface area contributed by atoms with Crippen LogP contribution in [0.25, 0.3) is 34.4 Å². The average molecular weight is 1100 g/mol. The van der Waals surface area contributed by atoms with Crippen LogP contribution >= 0.6 is 17.0 Å². The van der Waals surface area contributed by atoms with Gasteiger partial charge in [0.05, 0.1) is 0 Å². The summed E-state index contributed by atoms with van der Waals surface area (Å²) in [6, 6.07) is 10.2. The van der Waals surface area contributed by atoms with E-state index in [1.165, 1.54) is 0 Å². The van der Waals surface area contributed by atoms with Gasteiger partial charge in [-0.2, -0.15) is 0 Å². The van der Waals surface area contributed by atoms with Gasteiger partial charge in [0.25, 0.3) is 0 Å². The number of aryl methyl sites for hydroxylation is 2. The molecule has 367 valence electrons. The van der Waals surface area contributed by atoms with Crippen LogP contribution in [-0.4, -0.2) is 5.92 Å². The van der Waals surface area contributed by atoms with E-state index in [-0.39, 0.29) is 46.2 Å². The number of allylic oxidation sites excluding steroid dienone is 2. The average Bonchev–Trinajstić information content (AvgIpc) is 3.80. The van der Waals surface area contributed by atoms with Crippen molar-refractivity contribution in [2.24, 2.45) is 11.8 Å². The summed E-state index contributed by atoms with van der Waals surface area (Å²) < 4.78 is 171. The van der Waals surface area contributed by atoms with E-state index in [0.717, 1.165) is 99.6 Å². The van der Waals surface area contributed by atoms with Gasteiger partial charge in [-0.25, -0.2) is 0 Å². The summed E-state index contributed by atoms with van der Waals surface area (Å²) in [4.78, 5) is 0. The summed E-state index contributed by atoms with van der Waals surface area (Å²) in [6.07, 6.45) is -5.77. The van der Waals surface area contributed by atoms with Crippen molar-refractivity contribution in [3.63, 3.8) is 0 Å². The second-order valence-electron chi connectivity index (χ2n) is 20.3. The Hall–Kier alpha value is -2.80. The van der Waals surface area contributed by atoms with Crippen LogP contribution in [0.3, 0.4) is 0 Å². The molecular weight excluding hydrogens is 1040 g/mol. The minimum atomic E-state index is -5.92. The maximum atomic E-state index is 14.4. The minimum absolute atomic E-state index is 0.113. The molecule has 4 aliphatic rings. The zero-order valence-electron chi connectivity index (χ0n) is 38.1. The van der Waals surface area contributed by atoms with Crippen molar-refractivity contribution in [2.75, 3.05) is 0 Å². The molecule has 0 N–H and O–H groups in total. The van der Waals surface area contributed by atoms with E-state index in [9.17, 15) is 52.7 Å². The number of rotatable bonds is 9. The first-order valence-corrected chi connectivity index (χ1v) is 39.7. The number of alkyl halides is 12. The van der Waals surface area contributed by atoms with Gasteiger partial charge in [0, 0.05) is 0 Å². The topological polar surface area (TPSA) is 0 Å². The van der Waals surface area contributed by atoms with Crippen molar-refractivity contribution in [2.45, 2.75) is 136 Å². The van der Waals surface area contributed by atoms with Gasteiger partial charge in [-0.1, -0.05) is 0 Å². The van der Waals surface area contributed by atoms with Crippen LogP contribution < -0.4 is 0 Å². The number of benzene rings is 4. The predicted octanol–water partition coefficient (Wildman–Crippen LogP) is 19.2. The van der Waals surface area contributed by atoms with Crippen LogP contribution in [0.2, 0.25) is 13.1 Å². The van der Waals surface area contributed by atoms with E-state index in [4.69, 9.17) is 17.0 Å². The predicted molar refractivity (Wildman–Crippen MR) is 248 cm³/mol. The fraction of sp³-hybridized carbons (Fsp3) is 0.462. The molecule has 8 rings (SSSR count). The van der Waals surface area contributed by atoms with Gasteiger partial charge in [-0.15, -0.1) is 0 Å². The first-order chi connectivity index (χ1) is 31.5. The quantitative estimate of drug-likeness (QED) is 0.116. The van der Waals surface area contributed by atoms with E-state index in [2.05, 4.69) is 13.1 Å². The first-order valence-electron chi connectivity index (χ1n) is 23.4. The van der Waals surface area contributed by atoms with Crippen molar-refractivity contribution < 1.29 is 68.2 Å². The van der Waals surface area contributed by atoms with Crippen LogP contribution in [0.5, 0.6) is 0 Å². The molecule has 2 fully saturated rings. The molecule has 2 saturated carbocycles. The van der Waals surface area contributed by atoms with Crippen LogP contribution in [0.15, 0.2) is 71.8 Å². The Morgan fingerprint density at radius 1 is 0.471 bits per heavy atom. The fourth-order valence-electron chi connectivity index (χ4n) is 12.0. The summed E-state index contributed by atoms with van der Waals surface area (Å²) in [6.45, 7) is 7.62. The molecule has 0 heterocycles. The summed E-state index contributed by atoms with van der Waals surface area (Å²) in [5.74, 6) is -1.99. The maximum absolute atomic E-state index is 14.4. The Balaban J connectivity index is 1.41. The van der Waals surface area contributed by atoms with Crippen LogP contribution in [0.1, 0.15) is 140 Å². The van der Waals surface area contributed by atoms with Gasteiger partial charge in [0.2, 0.25) is 0 Å². The molecule has 2 unspecified atom stereocenters. The molecule has 2 atom stereocenters. The monoisotopic (exact) mass is 1090 g/mol. The van der Waals surface area contributed by atoms with Gasteiger partial charge in [0.1, 0.15) is 0 Å². The second-order valence-corrected chi connectivity index (χ2v) is 62.8. The Morgan fingerprint density at radius 2 is 0.779 bits per heavy atom. The second kappa shape index (κ2) is 18.4. The van der Waals surface area contributed by atoms with E-state index in [1.807, 2.05) is 24.3 Å². The zero-order valence-corrected chi connectivity index (χ0v) is 43.2. The van der Waals surface area contributed by atoms with Gasteiger partial charge in [-0.05, 0) is 0 Å². The standard InChI is InChI=1S/2C25H23F6.C2H7Si.2ClH.Zr/c2*1-15-7-18-10-17(9-16-5-3-2-4-6-16)11-23(18)22(8-15)19-12-20(24(26,27)28)14-21(13-19)25(29,30)31;1-3-2;;;/h2*7-8,10-14,16H,2-6,9H2,1H3;3H,1-2H3;2*1H;/q;;;;;+2/p-2. The number of halogens is 14. The van der Waals surface area contributed by atoms with Crippen molar-refractivity contribution in [3.8, 4) is 22.3 Å². The molecule has 0 amide bonds. The van der Waals surface area contributed by atoms with Crippen molar-refractivity contribution >= 4 is 35.1 Å². The summed E-state index contributed by atoms with van der Waals surface area (Å²) in [7, 11) is 17.6. The van der Waals surface area contributed by atoms with Gasteiger partial charge < -0.3 is 0 Å². The third-order valence-electron chi connectivity index (χ3n) is 15.2. The van der Waals surface area contributed by atoms with E-state index in [1.54, 1.807) is 26.0 Å². The molecule has 4 aromatic rings. The van der Waals surface area contributed by atoms with Crippen LogP contribution in [0.4, 0.5) is 52.7 Å². The van der Waals surface area contributed by atoms with Crippen LogP contribution in [-0.2, 0) is 40.3 Å². The summed E-state index contributed by atoms with van der Waals surface area (Å²) in [5.41, 5.74) is -0.817. The molecule has 4 aliphatic carbocycles. The molecule has 0 saturated heterocycles. The van der Waals surface area contributed by atoms with E-state index < -0.39 is 75.7 Å². The Morgan fingerprint density at radius 3 is 1.06 bits per heavy atom. The molecule has 4 aromatic carbocycles. The Labute approximate surface area is 398 Å². The van der Waals surface area contributed by atoms with Crippen molar-refractivity contribution in [1.29, 1.82) is 0 Å². The molecule has 0 aliphatic heterocycles. The van der Waals surface area contributed by atoms with Gasteiger partial charge >= 0.3 is 401 Å². The number of hydrogen-bond donors (Lipinski definition) is 0. The molecular formula is C52H53Cl2F12SiZr. The molecule has 0 aromatic heterocycles. The van der Waals surface area contributed by atoms with E-state index >= 15 is 0 Å². The third kappa shape index (κ3) is 9.89. The van der Waals surface area contributed by atoms with Crippen molar-refractivity contribution in [1.82, 2.24) is 0 Å². The SMILES string of the molecule is Cc1cc(-c2cc(C(F)(F)F)cc(C(F)(F)F)c2)c2c(c1)[CH]([Zr]([Cl])([Cl])([CH]1C(CC3CCCCC3)=Cc3c(-c4cc(C(F)(F)F)cc(C(F)(F)F)c4)cc(C)cc31)[SiH](C)C)C(CC1CCCCC1)=C2. The van der Waals surface area contributed by atoms with Crippen molar-refractivity contribution in [3.05, 3.63) is 127 Å². The molecule has 0 nitrogen and oxygen atoms in total. The Bertz CT molecular complexity index is 2420. The normalized spacial score (nSPS) is 20.5. The number of hydrogen-bond acceptors (Lipinski definition) is 0. The molecule has 0 bridgehead atoms.